The Labute approximate surface area is 161 Å². The van der Waals surface area contributed by atoms with Gasteiger partial charge < -0.3 is 19.4 Å². The molecule has 1 atom stereocenters. The van der Waals surface area contributed by atoms with Gasteiger partial charge in [-0.15, -0.1) is 11.8 Å². The molecule has 27 heavy (non-hydrogen) atoms. The smallest absolute Gasteiger partial charge is 0.222 e. The summed E-state index contributed by atoms with van der Waals surface area (Å²) < 4.78 is 13.9. The Hall–Kier alpha value is -2.74. The molecule has 1 unspecified atom stereocenters. The van der Waals surface area contributed by atoms with Crippen LogP contribution in [0.4, 0.5) is 5.82 Å². The van der Waals surface area contributed by atoms with Crippen LogP contribution < -0.4 is 14.8 Å². The Morgan fingerprint density at radius 3 is 2.96 bits per heavy atom. The summed E-state index contributed by atoms with van der Waals surface area (Å²) in [7, 11) is 1.95. The average Bonchev–Trinajstić information content (AvgIpc) is 2.96. The van der Waals surface area contributed by atoms with E-state index in [0.717, 1.165) is 27.2 Å². The molecule has 4 rings (SSSR count). The number of rotatable bonds is 3. The van der Waals surface area contributed by atoms with Gasteiger partial charge in [0.15, 0.2) is 11.5 Å². The molecule has 3 aromatic heterocycles. The zero-order valence-corrected chi connectivity index (χ0v) is 16.4. The summed E-state index contributed by atoms with van der Waals surface area (Å²) in [5, 5.41) is 4.53. The molecule has 0 spiro atoms. The molecule has 1 N–H and O–H groups in total. The van der Waals surface area contributed by atoms with Crippen LogP contribution in [0.1, 0.15) is 13.8 Å². The van der Waals surface area contributed by atoms with Crippen LogP contribution in [0.15, 0.2) is 29.6 Å². The molecular formula is C19H20N4O3S. The van der Waals surface area contributed by atoms with Crippen LogP contribution in [0, 0.1) is 0 Å². The van der Waals surface area contributed by atoms with Gasteiger partial charge in [-0.25, -0.2) is 9.97 Å². The lowest BCUT2D eigenvalue weighted by Gasteiger charge is -2.25. The van der Waals surface area contributed by atoms with E-state index in [1.54, 1.807) is 18.0 Å². The van der Waals surface area contributed by atoms with Gasteiger partial charge in [0, 0.05) is 37.2 Å². The van der Waals surface area contributed by atoms with Gasteiger partial charge in [-0.1, -0.05) is 0 Å². The normalized spacial score (nSPS) is 15.8. The zero-order valence-electron chi connectivity index (χ0n) is 15.6. The van der Waals surface area contributed by atoms with Crippen molar-refractivity contribution < 1.29 is 14.3 Å². The third-order valence-electron chi connectivity index (χ3n) is 4.35. The summed E-state index contributed by atoms with van der Waals surface area (Å²) in [5.41, 5.74) is 2.58. The van der Waals surface area contributed by atoms with Crippen molar-refractivity contribution in [2.45, 2.75) is 25.0 Å². The molecule has 1 aliphatic heterocycles. The van der Waals surface area contributed by atoms with Crippen LogP contribution >= 0.6 is 11.8 Å². The minimum absolute atomic E-state index is 0.00876. The van der Waals surface area contributed by atoms with Crippen molar-refractivity contribution in [2.75, 3.05) is 18.2 Å². The van der Waals surface area contributed by atoms with Crippen LogP contribution in [0.2, 0.25) is 0 Å². The lowest BCUT2D eigenvalue weighted by molar-refractivity contribution is -0.114. The average molecular weight is 384 g/mol. The van der Waals surface area contributed by atoms with Gasteiger partial charge in [-0.3, -0.25) is 4.79 Å². The number of aryl methyl sites for hydroxylation is 1. The van der Waals surface area contributed by atoms with Gasteiger partial charge >= 0.3 is 0 Å². The van der Waals surface area contributed by atoms with Crippen molar-refractivity contribution in [3.8, 4) is 22.8 Å². The van der Waals surface area contributed by atoms with E-state index in [2.05, 4.69) is 10.3 Å². The molecule has 0 bridgehead atoms. The van der Waals surface area contributed by atoms with Crippen LogP contribution in [0.3, 0.4) is 0 Å². The molecule has 4 heterocycles. The first-order valence-electron chi connectivity index (χ1n) is 8.57. The number of fused-ring (bicyclic) bond motifs is 2. The summed E-state index contributed by atoms with van der Waals surface area (Å²) in [6.07, 6.45) is 5.71. The number of amides is 1. The van der Waals surface area contributed by atoms with E-state index in [1.165, 1.54) is 6.92 Å². The molecule has 0 fully saturated rings. The fourth-order valence-corrected chi connectivity index (χ4v) is 3.58. The summed E-state index contributed by atoms with van der Waals surface area (Å²) >= 11 is 1.55. The third kappa shape index (κ3) is 3.21. The summed E-state index contributed by atoms with van der Waals surface area (Å²) in [6.45, 7) is 3.92. The Kier molecular flexibility index (Phi) is 4.43. The quantitative estimate of drug-likeness (QED) is 0.697. The summed E-state index contributed by atoms with van der Waals surface area (Å²) in [6, 6.07) is 3.77. The van der Waals surface area contributed by atoms with Gasteiger partial charge in [0.05, 0.1) is 11.7 Å². The molecule has 0 saturated carbocycles. The number of carbonyl (C=O) groups excluding carboxylic acids is 1. The maximum absolute atomic E-state index is 11.4. The second-order valence-corrected chi connectivity index (χ2v) is 7.33. The minimum atomic E-state index is -0.162. The highest BCUT2D eigenvalue weighted by Gasteiger charge is 2.25. The van der Waals surface area contributed by atoms with Crippen molar-refractivity contribution in [2.24, 2.45) is 7.05 Å². The van der Waals surface area contributed by atoms with E-state index in [-0.39, 0.29) is 12.0 Å². The number of aromatic nitrogens is 3. The monoisotopic (exact) mass is 384 g/mol. The van der Waals surface area contributed by atoms with Crippen LogP contribution in [0.25, 0.3) is 22.2 Å². The van der Waals surface area contributed by atoms with E-state index in [1.807, 2.05) is 43.1 Å². The van der Waals surface area contributed by atoms with E-state index in [4.69, 9.17) is 14.5 Å². The Morgan fingerprint density at radius 2 is 2.22 bits per heavy atom. The molecule has 3 aromatic rings. The first-order chi connectivity index (χ1) is 13.0. The first-order valence-corrected chi connectivity index (χ1v) is 9.80. The molecule has 1 amide bonds. The Balaban J connectivity index is 1.94. The zero-order chi connectivity index (χ0) is 19.1. The highest BCUT2D eigenvalue weighted by atomic mass is 32.2. The predicted octanol–water partition coefficient (Wildman–Crippen LogP) is 3.48. The van der Waals surface area contributed by atoms with Gasteiger partial charge in [-0.05, 0) is 19.2 Å². The molecule has 140 valence electrons. The molecule has 0 aromatic carbocycles. The second-order valence-electron chi connectivity index (χ2n) is 6.50. The second kappa shape index (κ2) is 6.77. The molecule has 1 aliphatic rings. The van der Waals surface area contributed by atoms with E-state index in [0.29, 0.717) is 23.9 Å². The standard InChI is InChI=1S/C19H20N4O3S/c1-10-9-25-19-15(26-10)6-17(27-4)22-18(19)13-8-23(3)14-7-20-16(5-12(13)14)21-11(2)24/h5-8,10H,9H2,1-4H3,(H,20,21,24). The fraction of sp³-hybridized carbons (Fsp3) is 0.316. The number of pyridine rings is 2. The minimum Gasteiger partial charge on any atom is -0.484 e. The molecule has 0 saturated heterocycles. The predicted molar refractivity (Wildman–Crippen MR) is 106 cm³/mol. The number of nitrogens with zero attached hydrogens (tertiary/aromatic N) is 3. The van der Waals surface area contributed by atoms with Crippen LogP contribution in [0.5, 0.6) is 11.5 Å². The van der Waals surface area contributed by atoms with Crippen molar-refractivity contribution in [3.63, 3.8) is 0 Å². The molecule has 0 radical (unpaired) electrons. The number of ether oxygens (including phenoxy) is 2. The van der Waals surface area contributed by atoms with Gasteiger partial charge in [0.1, 0.15) is 29.2 Å². The topological polar surface area (TPSA) is 78.3 Å². The van der Waals surface area contributed by atoms with Crippen molar-refractivity contribution in [1.82, 2.24) is 14.5 Å². The van der Waals surface area contributed by atoms with Crippen LogP contribution in [-0.2, 0) is 11.8 Å². The highest BCUT2D eigenvalue weighted by Crippen LogP contribution is 2.44. The first kappa shape index (κ1) is 17.7. The fourth-order valence-electron chi connectivity index (χ4n) is 3.17. The molecule has 8 heteroatoms. The number of nitrogens with one attached hydrogen (secondary N) is 1. The number of thioether (sulfide) groups is 1. The molecule has 0 aliphatic carbocycles. The number of hydrogen-bond donors (Lipinski definition) is 1. The SMILES string of the molecule is CSc1cc2c(c(-c3cn(C)c4cnc(NC(C)=O)cc34)n1)OCC(C)O2. The Morgan fingerprint density at radius 1 is 1.41 bits per heavy atom. The lowest BCUT2D eigenvalue weighted by atomic mass is 10.1. The maximum atomic E-state index is 11.4. The van der Waals surface area contributed by atoms with Gasteiger partial charge in [0.2, 0.25) is 5.91 Å². The van der Waals surface area contributed by atoms with E-state index >= 15 is 0 Å². The van der Waals surface area contributed by atoms with E-state index < -0.39 is 0 Å². The van der Waals surface area contributed by atoms with Gasteiger partial charge in [0.25, 0.3) is 0 Å². The number of anilines is 1. The van der Waals surface area contributed by atoms with Gasteiger partial charge in [-0.2, -0.15) is 0 Å². The largest absolute Gasteiger partial charge is 0.484 e. The van der Waals surface area contributed by atoms with Crippen LogP contribution in [-0.4, -0.2) is 39.4 Å². The lowest BCUT2D eigenvalue weighted by Crippen LogP contribution is -2.26. The number of hydrogen-bond acceptors (Lipinski definition) is 6. The highest BCUT2D eigenvalue weighted by molar-refractivity contribution is 7.98. The summed E-state index contributed by atoms with van der Waals surface area (Å²) in [4.78, 5) is 20.5. The Bertz CT molecular complexity index is 1050. The van der Waals surface area contributed by atoms with E-state index in [9.17, 15) is 4.79 Å². The molecular weight excluding hydrogens is 364 g/mol. The summed E-state index contributed by atoms with van der Waals surface area (Å²) in [5.74, 6) is 1.69. The van der Waals surface area contributed by atoms with Crippen molar-refractivity contribution >= 4 is 34.4 Å². The maximum Gasteiger partial charge on any atom is 0.222 e. The molecule has 7 nitrogen and oxygen atoms in total. The van der Waals surface area contributed by atoms with Crippen molar-refractivity contribution in [3.05, 3.63) is 24.5 Å². The van der Waals surface area contributed by atoms with Crippen molar-refractivity contribution in [1.29, 1.82) is 0 Å². The number of carbonyl (C=O) groups is 1. The third-order valence-corrected chi connectivity index (χ3v) is 4.98.